The van der Waals surface area contributed by atoms with Gasteiger partial charge in [-0.3, -0.25) is 9.69 Å². The molecule has 1 aliphatic rings. The summed E-state index contributed by atoms with van der Waals surface area (Å²) in [6.45, 7) is 4.19. The van der Waals surface area contributed by atoms with Crippen LogP contribution in [0, 0.1) is 0 Å². The molecule has 5 nitrogen and oxygen atoms in total. The van der Waals surface area contributed by atoms with Crippen molar-refractivity contribution in [3.05, 3.63) is 60.1 Å². The number of likely N-dealkylation sites (tertiary alicyclic amines) is 1. The number of rotatable bonds is 7. The first kappa shape index (κ1) is 17.7. The van der Waals surface area contributed by atoms with Crippen molar-refractivity contribution in [3.8, 4) is 0 Å². The van der Waals surface area contributed by atoms with E-state index in [1.807, 2.05) is 42.5 Å². The molecule has 2 atom stereocenters. The van der Waals surface area contributed by atoms with Crippen LogP contribution in [0.1, 0.15) is 43.6 Å². The molecule has 2 unspecified atom stereocenters. The second-order valence-electron chi connectivity index (χ2n) is 6.90. The maximum Gasteiger partial charge on any atom is 0.223 e. The van der Waals surface area contributed by atoms with E-state index in [4.69, 9.17) is 4.42 Å². The Morgan fingerprint density at radius 2 is 1.96 bits per heavy atom. The molecule has 0 bridgehead atoms. The quantitative estimate of drug-likeness (QED) is 0.812. The molecule has 5 heteroatoms. The highest BCUT2D eigenvalue weighted by atomic mass is 16.3. The molecule has 1 fully saturated rings. The maximum atomic E-state index is 12.4. The van der Waals surface area contributed by atoms with Gasteiger partial charge in [0.2, 0.25) is 5.91 Å². The van der Waals surface area contributed by atoms with Gasteiger partial charge in [-0.1, -0.05) is 30.3 Å². The summed E-state index contributed by atoms with van der Waals surface area (Å²) in [5, 5.41) is 13.6. The van der Waals surface area contributed by atoms with Gasteiger partial charge in [-0.2, -0.15) is 0 Å². The van der Waals surface area contributed by atoms with E-state index in [-0.39, 0.29) is 18.4 Å². The highest BCUT2D eigenvalue weighted by Crippen LogP contribution is 2.26. The van der Waals surface area contributed by atoms with Gasteiger partial charge in [0.05, 0.1) is 24.3 Å². The van der Waals surface area contributed by atoms with Crippen LogP contribution in [0.3, 0.4) is 0 Å². The van der Waals surface area contributed by atoms with E-state index in [1.54, 1.807) is 13.2 Å². The smallest absolute Gasteiger partial charge is 0.223 e. The van der Waals surface area contributed by atoms with Crippen LogP contribution < -0.4 is 5.32 Å². The van der Waals surface area contributed by atoms with E-state index in [0.717, 1.165) is 24.4 Å². The van der Waals surface area contributed by atoms with Crippen LogP contribution in [0.2, 0.25) is 0 Å². The predicted octanol–water partition coefficient (Wildman–Crippen LogP) is 2.83. The lowest BCUT2D eigenvalue weighted by Gasteiger charge is -2.27. The molecule has 0 radical (unpaired) electrons. The van der Waals surface area contributed by atoms with E-state index >= 15 is 0 Å². The molecule has 1 aromatic heterocycles. The molecule has 1 aromatic carbocycles. The van der Waals surface area contributed by atoms with Gasteiger partial charge < -0.3 is 14.8 Å². The number of benzene rings is 1. The van der Waals surface area contributed by atoms with Crippen LogP contribution in [0.5, 0.6) is 0 Å². The molecule has 0 saturated carbocycles. The standard InChI is InChI=1S/C20H26N2O3/c1-20(24,16-8-3-2-4-9-16)14-19(23)21-15-17(18-10-7-13-25-18)22-11-5-6-12-22/h2-4,7-10,13,17,24H,5-6,11-12,14-15H2,1H3,(H,21,23). The Labute approximate surface area is 148 Å². The summed E-state index contributed by atoms with van der Waals surface area (Å²) >= 11 is 0. The molecule has 2 heterocycles. The van der Waals surface area contributed by atoms with Crippen molar-refractivity contribution in [2.45, 2.75) is 37.8 Å². The number of carbonyl (C=O) groups is 1. The topological polar surface area (TPSA) is 65.7 Å². The first-order valence-electron chi connectivity index (χ1n) is 8.88. The molecule has 0 aliphatic carbocycles. The highest BCUT2D eigenvalue weighted by Gasteiger charge is 2.29. The molecule has 2 aromatic rings. The van der Waals surface area contributed by atoms with E-state index in [0.29, 0.717) is 6.54 Å². The molecule has 25 heavy (non-hydrogen) atoms. The van der Waals surface area contributed by atoms with E-state index in [2.05, 4.69) is 10.2 Å². The van der Waals surface area contributed by atoms with Crippen LogP contribution >= 0.6 is 0 Å². The Hall–Kier alpha value is -2.11. The molecule has 1 saturated heterocycles. The van der Waals surface area contributed by atoms with Crippen molar-refractivity contribution >= 4 is 5.91 Å². The third kappa shape index (κ3) is 4.50. The number of hydrogen-bond acceptors (Lipinski definition) is 4. The van der Waals surface area contributed by atoms with Gasteiger partial charge in [-0.05, 0) is 50.6 Å². The van der Waals surface area contributed by atoms with Gasteiger partial charge in [-0.15, -0.1) is 0 Å². The average Bonchev–Trinajstić information content (AvgIpc) is 3.29. The van der Waals surface area contributed by atoms with Crippen molar-refractivity contribution < 1.29 is 14.3 Å². The van der Waals surface area contributed by atoms with Crippen molar-refractivity contribution in [3.63, 3.8) is 0 Å². The summed E-state index contributed by atoms with van der Waals surface area (Å²) in [6.07, 6.45) is 4.05. The summed E-state index contributed by atoms with van der Waals surface area (Å²) in [4.78, 5) is 14.7. The molecule has 0 spiro atoms. The minimum Gasteiger partial charge on any atom is -0.468 e. The third-order valence-electron chi connectivity index (χ3n) is 4.85. The lowest BCUT2D eigenvalue weighted by molar-refractivity contribution is -0.126. The number of amides is 1. The normalized spacial score (nSPS) is 18.6. The van der Waals surface area contributed by atoms with Gasteiger partial charge >= 0.3 is 0 Å². The second-order valence-corrected chi connectivity index (χ2v) is 6.90. The van der Waals surface area contributed by atoms with Gasteiger partial charge in [-0.25, -0.2) is 0 Å². The molecular weight excluding hydrogens is 316 g/mol. The van der Waals surface area contributed by atoms with Crippen LogP contribution in [-0.2, 0) is 10.4 Å². The molecule has 1 aliphatic heterocycles. The minimum atomic E-state index is -1.18. The summed E-state index contributed by atoms with van der Waals surface area (Å²) in [5.41, 5.74) is -0.439. The van der Waals surface area contributed by atoms with Crippen molar-refractivity contribution in [2.75, 3.05) is 19.6 Å². The lowest BCUT2D eigenvalue weighted by Crippen LogP contribution is -2.39. The van der Waals surface area contributed by atoms with Crippen LogP contribution in [0.15, 0.2) is 53.1 Å². The van der Waals surface area contributed by atoms with E-state index < -0.39 is 5.60 Å². The second kappa shape index (κ2) is 7.85. The highest BCUT2D eigenvalue weighted by molar-refractivity contribution is 5.77. The Balaban J connectivity index is 1.60. The summed E-state index contributed by atoms with van der Waals surface area (Å²) in [7, 11) is 0. The van der Waals surface area contributed by atoms with Crippen LogP contribution in [0.25, 0.3) is 0 Å². The predicted molar refractivity (Wildman–Crippen MR) is 95.9 cm³/mol. The first-order valence-corrected chi connectivity index (χ1v) is 8.88. The Morgan fingerprint density at radius 1 is 1.24 bits per heavy atom. The fraction of sp³-hybridized carbons (Fsp3) is 0.450. The Kier molecular flexibility index (Phi) is 5.56. The van der Waals surface area contributed by atoms with Crippen LogP contribution in [0.4, 0.5) is 0 Å². The number of hydrogen-bond donors (Lipinski definition) is 2. The average molecular weight is 342 g/mol. The summed E-state index contributed by atoms with van der Waals surface area (Å²) < 4.78 is 5.57. The van der Waals surface area contributed by atoms with Gasteiger partial charge in [0.1, 0.15) is 5.76 Å². The summed E-state index contributed by atoms with van der Waals surface area (Å²) in [6, 6.07) is 13.2. The van der Waals surface area contributed by atoms with Gasteiger partial charge in [0, 0.05) is 6.54 Å². The number of nitrogens with one attached hydrogen (secondary N) is 1. The van der Waals surface area contributed by atoms with E-state index in [9.17, 15) is 9.90 Å². The number of nitrogens with zero attached hydrogens (tertiary/aromatic N) is 1. The SMILES string of the molecule is CC(O)(CC(=O)NCC(c1ccco1)N1CCCC1)c1ccccc1. The first-order chi connectivity index (χ1) is 12.1. The number of aliphatic hydroxyl groups is 1. The minimum absolute atomic E-state index is 0.0297. The lowest BCUT2D eigenvalue weighted by atomic mass is 9.92. The van der Waals surface area contributed by atoms with Gasteiger partial charge in [0.25, 0.3) is 0 Å². The monoisotopic (exact) mass is 342 g/mol. The molecule has 2 N–H and O–H groups in total. The molecule has 134 valence electrons. The zero-order chi connectivity index (χ0) is 17.7. The molecular formula is C20H26N2O3. The Morgan fingerprint density at radius 3 is 2.60 bits per heavy atom. The molecule has 3 rings (SSSR count). The Bertz CT molecular complexity index is 662. The fourth-order valence-electron chi connectivity index (χ4n) is 3.43. The van der Waals surface area contributed by atoms with Crippen molar-refractivity contribution in [2.24, 2.45) is 0 Å². The number of furan rings is 1. The maximum absolute atomic E-state index is 12.4. The van der Waals surface area contributed by atoms with Crippen molar-refractivity contribution in [1.29, 1.82) is 0 Å². The number of carbonyl (C=O) groups excluding carboxylic acids is 1. The third-order valence-corrected chi connectivity index (χ3v) is 4.85. The largest absolute Gasteiger partial charge is 0.468 e. The van der Waals surface area contributed by atoms with Gasteiger partial charge in [0.15, 0.2) is 0 Å². The van der Waals surface area contributed by atoms with E-state index in [1.165, 1.54) is 12.8 Å². The van der Waals surface area contributed by atoms with Crippen molar-refractivity contribution in [1.82, 2.24) is 10.2 Å². The zero-order valence-electron chi connectivity index (χ0n) is 14.6. The molecule has 1 amide bonds. The zero-order valence-corrected chi connectivity index (χ0v) is 14.6. The fourth-order valence-corrected chi connectivity index (χ4v) is 3.43. The van der Waals surface area contributed by atoms with Crippen LogP contribution in [-0.4, -0.2) is 35.5 Å². The summed E-state index contributed by atoms with van der Waals surface area (Å²) in [5.74, 6) is 0.710.